The van der Waals surface area contributed by atoms with Crippen molar-refractivity contribution in [1.29, 1.82) is 0 Å². The Bertz CT molecular complexity index is 696. The molecule has 2 fully saturated rings. The number of ether oxygens (including phenoxy) is 5. The van der Waals surface area contributed by atoms with Crippen LogP contribution >= 0.6 is 0 Å². The van der Waals surface area contributed by atoms with Crippen molar-refractivity contribution in [3.05, 3.63) is 29.8 Å². The number of benzene rings is 1. The van der Waals surface area contributed by atoms with Crippen molar-refractivity contribution < 1.29 is 33.9 Å². The molecule has 0 saturated carbocycles. The second-order valence-corrected chi connectivity index (χ2v) is 9.49. The fourth-order valence-electron chi connectivity index (χ4n) is 4.71. The zero-order valence-corrected chi connectivity index (χ0v) is 20.1. The van der Waals surface area contributed by atoms with Gasteiger partial charge in [0, 0.05) is 5.92 Å². The van der Waals surface area contributed by atoms with E-state index in [1.807, 2.05) is 31.2 Å². The molecular weight excluding hydrogens is 412 g/mol. The molecule has 0 bridgehead atoms. The SMILES string of the molecule is COc1ccc(CO[C@@H]2OC(CO)[C@@H](O)C(OC[C@@H]3OC(C)[C@@H](C)C(C)C3C)C2C)cc1. The minimum Gasteiger partial charge on any atom is -0.497 e. The molecule has 2 aliphatic heterocycles. The van der Waals surface area contributed by atoms with Crippen molar-refractivity contribution in [2.75, 3.05) is 20.3 Å². The normalized spacial score (nSPS) is 40.2. The Kier molecular flexibility index (Phi) is 8.95. The molecule has 10 atom stereocenters. The Balaban J connectivity index is 1.62. The number of rotatable bonds is 8. The molecule has 0 spiro atoms. The van der Waals surface area contributed by atoms with Crippen LogP contribution in [0.4, 0.5) is 0 Å². The van der Waals surface area contributed by atoms with Gasteiger partial charge in [0.05, 0.1) is 45.2 Å². The van der Waals surface area contributed by atoms with E-state index in [9.17, 15) is 10.2 Å². The second kappa shape index (κ2) is 11.3. The van der Waals surface area contributed by atoms with Gasteiger partial charge in [0.1, 0.15) is 18.0 Å². The van der Waals surface area contributed by atoms with Gasteiger partial charge in [0.2, 0.25) is 0 Å². The van der Waals surface area contributed by atoms with E-state index < -0.39 is 24.6 Å². The predicted molar refractivity (Wildman–Crippen MR) is 120 cm³/mol. The molecular formula is C25H40O7. The lowest BCUT2D eigenvalue weighted by Gasteiger charge is -2.45. The highest BCUT2D eigenvalue weighted by Crippen LogP contribution is 2.36. The van der Waals surface area contributed by atoms with Gasteiger partial charge in [-0.05, 0) is 42.4 Å². The summed E-state index contributed by atoms with van der Waals surface area (Å²) in [5.74, 6) is 1.92. The molecule has 2 saturated heterocycles. The van der Waals surface area contributed by atoms with E-state index in [-0.39, 0.29) is 24.7 Å². The molecule has 0 aromatic heterocycles. The summed E-state index contributed by atoms with van der Waals surface area (Å²) in [6.45, 7) is 11.2. The van der Waals surface area contributed by atoms with Crippen molar-refractivity contribution in [2.24, 2.45) is 23.7 Å². The first-order chi connectivity index (χ1) is 15.3. The summed E-state index contributed by atoms with van der Waals surface area (Å²) in [6.07, 6.45) is -2.71. The van der Waals surface area contributed by atoms with Crippen molar-refractivity contribution in [3.63, 3.8) is 0 Å². The van der Waals surface area contributed by atoms with Crippen molar-refractivity contribution in [1.82, 2.24) is 0 Å². The molecule has 2 N–H and O–H groups in total. The van der Waals surface area contributed by atoms with Crippen LogP contribution in [-0.4, -0.2) is 67.3 Å². The maximum Gasteiger partial charge on any atom is 0.163 e. The average Bonchev–Trinajstić information content (AvgIpc) is 2.80. The molecule has 1 aromatic carbocycles. The summed E-state index contributed by atoms with van der Waals surface area (Å²) in [5.41, 5.74) is 0.979. The van der Waals surface area contributed by atoms with Crippen LogP contribution in [0, 0.1) is 23.7 Å². The monoisotopic (exact) mass is 452 g/mol. The topological polar surface area (TPSA) is 86.6 Å². The molecule has 7 nitrogen and oxygen atoms in total. The standard InChI is InChI=1S/C25H40O7/c1-14-15(2)18(5)31-22(16(14)3)13-29-24-17(4)25(32-21(11-26)23(24)27)30-12-19-7-9-20(28-6)10-8-19/h7-10,14-18,21-27H,11-13H2,1-6H3/t14?,15-,16?,17?,18?,21?,22-,23+,24?,25+/m0/s1. The summed E-state index contributed by atoms with van der Waals surface area (Å²) in [5, 5.41) is 20.5. The van der Waals surface area contributed by atoms with Crippen LogP contribution in [0.5, 0.6) is 5.75 Å². The zero-order chi connectivity index (χ0) is 23.4. The van der Waals surface area contributed by atoms with E-state index >= 15 is 0 Å². The highest BCUT2D eigenvalue weighted by molar-refractivity contribution is 5.26. The lowest BCUT2D eigenvalue weighted by molar-refractivity contribution is -0.297. The van der Waals surface area contributed by atoms with Gasteiger partial charge in [-0.3, -0.25) is 0 Å². The summed E-state index contributed by atoms with van der Waals surface area (Å²) < 4.78 is 29.5. The van der Waals surface area contributed by atoms with Crippen LogP contribution < -0.4 is 4.74 Å². The molecule has 182 valence electrons. The van der Waals surface area contributed by atoms with Gasteiger partial charge in [0.15, 0.2) is 6.29 Å². The molecule has 6 unspecified atom stereocenters. The number of hydrogen-bond donors (Lipinski definition) is 2. The Labute approximate surface area is 192 Å². The second-order valence-electron chi connectivity index (χ2n) is 9.49. The van der Waals surface area contributed by atoms with E-state index in [1.54, 1.807) is 7.11 Å². The molecule has 0 aliphatic carbocycles. The van der Waals surface area contributed by atoms with Gasteiger partial charge in [0.25, 0.3) is 0 Å². The molecule has 2 aliphatic rings. The highest BCUT2D eigenvalue weighted by Gasteiger charge is 2.45. The first-order valence-corrected chi connectivity index (χ1v) is 11.7. The molecule has 32 heavy (non-hydrogen) atoms. The lowest BCUT2D eigenvalue weighted by atomic mass is 9.77. The number of aliphatic hydroxyl groups excluding tert-OH is 2. The quantitative estimate of drug-likeness (QED) is 0.627. The molecule has 2 heterocycles. The van der Waals surface area contributed by atoms with Crippen LogP contribution in [0.2, 0.25) is 0 Å². The Morgan fingerprint density at radius 2 is 1.53 bits per heavy atom. The van der Waals surface area contributed by atoms with Crippen molar-refractivity contribution in [3.8, 4) is 5.75 Å². The maximum absolute atomic E-state index is 10.8. The summed E-state index contributed by atoms with van der Waals surface area (Å²) >= 11 is 0. The first kappa shape index (κ1) is 25.4. The lowest BCUT2D eigenvalue weighted by Crippen LogP contribution is -2.57. The van der Waals surface area contributed by atoms with Crippen molar-refractivity contribution in [2.45, 2.75) is 78.0 Å². The third-order valence-corrected chi connectivity index (χ3v) is 7.56. The predicted octanol–water partition coefficient (Wildman–Crippen LogP) is 3.01. The third-order valence-electron chi connectivity index (χ3n) is 7.56. The number of methoxy groups -OCH3 is 1. The van der Waals surface area contributed by atoms with Gasteiger partial charge in [-0.15, -0.1) is 0 Å². The van der Waals surface area contributed by atoms with E-state index in [4.69, 9.17) is 23.7 Å². The van der Waals surface area contributed by atoms with E-state index in [2.05, 4.69) is 27.7 Å². The van der Waals surface area contributed by atoms with Gasteiger partial charge in [-0.1, -0.05) is 39.8 Å². The summed E-state index contributed by atoms with van der Waals surface area (Å²) in [6, 6.07) is 7.63. The maximum atomic E-state index is 10.8. The average molecular weight is 453 g/mol. The molecule has 7 heteroatoms. The number of hydrogen-bond acceptors (Lipinski definition) is 7. The van der Waals surface area contributed by atoms with Gasteiger partial charge < -0.3 is 33.9 Å². The first-order valence-electron chi connectivity index (χ1n) is 11.7. The van der Waals surface area contributed by atoms with Crippen LogP contribution in [0.1, 0.15) is 40.2 Å². The van der Waals surface area contributed by atoms with Crippen molar-refractivity contribution >= 4 is 0 Å². The minimum absolute atomic E-state index is 0.0373. The van der Waals surface area contributed by atoms with Gasteiger partial charge in [-0.2, -0.15) is 0 Å². The smallest absolute Gasteiger partial charge is 0.163 e. The molecule has 1 aromatic rings. The van der Waals surface area contributed by atoms with Crippen LogP contribution in [-0.2, 0) is 25.6 Å². The van der Waals surface area contributed by atoms with Gasteiger partial charge >= 0.3 is 0 Å². The van der Waals surface area contributed by atoms with E-state index in [0.717, 1.165) is 11.3 Å². The summed E-state index contributed by atoms with van der Waals surface area (Å²) in [4.78, 5) is 0. The summed E-state index contributed by atoms with van der Waals surface area (Å²) in [7, 11) is 1.63. The minimum atomic E-state index is -0.941. The van der Waals surface area contributed by atoms with Crippen LogP contribution in [0.25, 0.3) is 0 Å². The van der Waals surface area contributed by atoms with Crippen LogP contribution in [0.3, 0.4) is 0 Å². The largest absolute Gasteiger partial charge is 0.497 e. The Hall–Kier alpha value is -1.22. The fourth-order valence-corrected chi connectivity index (χ4v) is 4.71. The Morgan fingerprint density at radius 3 is 2.16 bits per heavy atom. The fraction of sp³-hybridized carbons (Fsp3) is 0.760. The van der Waals surface area contributed by atoms with Gasteiger partial charge in [-0.25, -0.2) is 0 Å². The molecule has 0 amide bonds. The Morgan fingerprint density at radius 1 is 0.844 bits per heavy atom. The van der Waals surface area contributed by atoms with E-state index in [0.29, 0.717) is 31.0 Å². The zero-order valence-electron chi connectivity index (χ0n) is 20.1. The number of aliphatic hydroxyl groups is 2. The van der Waals surface area contributed by atoms with Crippen LogP contribution in [0.15, 0.2) is 24.3 Å². The highest BCUT2D eigenvalue weighted by atomic mass is 16.7. The molecule has 3 rings (SSSR count). The third kappa shape index (κ3) is 5.64. The molecule has 0 radical (unpaired) electrons. The van der Waals surface area contributed by atoms with E-state index in [1.165, 1.54) is 0 Å².